The zero-order valence-corrected chi connectivity index (χ0v) is 10.3. The van der Waals surface area contributed by atoms with Crippen LogP contribution in [0.4, 0.5) is 5.82 Å². The predicted molar refractivity (Wildman–Crippen MR) is 65.3 cm³/mol. The van der Waals surface area contributed by atoms with Crippen molar-refractivity contribution in [1.82, 2.24) is 4.98 Å². The fourth-order valence-electron chi connectivity index (χ4n) is 1.34. The Morgan fingerprint density at radius 2 is 2.18 bits per heavy atom. The molecule has 0 amide bonds. The Bertz CT molecular complexity index is 416. The maximum absolute atomic E-state index is 11.1. The topological polar surface area (TPSA) is 82.5 Å². The van der Waals surface area contributed by atoms with E-state index in [1.807, 2.05) is 13.8 Å². The summed E-state index contributed by atoms with van der Waals surface area (Å²) >= 11 is 0. The van der Waals surface area contributed by atoms with Crippen molar-refractivity contribution in [3.63, 3.8) is 0 Å². The molecule has 1 aromatic rings. The first-order valence-corrected chi connectivity index (χ1v) is 5.41. The molecule has 0 aliphatic carbocycles. The van der Waals surface area contributed by atoms with Crippen molar-refractivity contribution in [2.45, 2.75) is 20.8 Å². The second-order valence-electron chi connectivity index (χ2n) is 4.83. The van der Waals surface area contributed by atoms with Crippen LogP contribution in [0.25, 0.3) is 0 Å². The van der Waals surface area contributed by atoms with Gasteiger partial charge in [-0.15, -0.1) is 0 Å². The minimum atomic E-state index is -1.00. The van der Waals surface area contributed by atoms with Gasteiger partial charge in [0.15, 0.2) is 0 Å². The van der Waals surface area contributed by atoms with Gasteiger partial charge in [-0.2, -0.15) is 0 Å². The number of pyridine rings is 1. The number of nitrogens with zero attached hydrogens (tertiary/aromatic N) is 1. The average Bonchev–Trinajstić information content (AvgIpc) is 2.26. The summed E-state index contributed by atoms with van der Waals surface area (Å²) in [6.07, 6.45) is 1.57. The Kier molecular flexibility index (Phi) is 4.07. The molecule has 0 spiro atoms. The number of aromatic carboxylic acids is 1. The van der Waals surface area contributed by atoms with Crippen LogP contribution in [-0.4, -0.2) is 34.3 Å². The molecule has 0 atom stereocenters. The molecule has 0 saturated heterocycles. The Balaban J connectivity index is 2.92. The highest BCUT2D eigenvalue weighted by molar-refractivity contribution is 5.94. The lowest BCUT2D eigenvalue weighted by atomic mass is 9.95. The minimum Gasteiger partial charge on any atom is -0.478 e. The molecule has 0 radical (unpaired) electrons. The second-order valence-corrected chi connectivity index (χ2v) is 4.83. The molecule has 1 rings (SSSR count). The number of carboxylic acids is 1. The van der Waals surface area contributed by atoms with E-state index >= 15 is 0 Å². The zero-order valence-electron chi connectivity index (χ0n) is 10.3. The number of carbonyl (C=O) groups is 1. The molecule has 0 unspecified atom stereocenters. The monoisotopic (exact) mass is 238 g/mol. The van der Waals surface area contributed by atoms with Gasteiger partial charge >= 0.3 is 5.97 Å². The molecule has 0 aliphatic heterocycles. The van der Waals surface area contributed by atoms with E-state index in [2.05, 4.69) is 10.3 Å². The van der Waals surface area contributed by atoms with E-state index in [0.29, 0.717) is 17.9 Å². The number of carboxylic acid groups (broad SMARTS) is 1. The number of hydrogen-bond acceptors (Lipinski definition) is 4. The summed E-state index contributed by atoms with van der Waals surface area (Å²) < 4.78 is 0. The molecule has 5 heteroatoms. The number of aryl methyl sites for hydroxylation is 1. The number of anilines is 1. The van der Waals surface area contributed by atoms with Crippen molar-refractivity contribution >= 4 is 11.8 Å². The molecule has 1 heterocycles. The van der Waals surface area contributed by atoms with Crippen LogP contribution >= 0.6 is 0 Å². The van der Waals surface area contributed by atoms with E-state index in [0.717, 1.165) is 0 Å². The van der Waals surface area contributed by atoms with Crippen LogP contribution in [0.5, 0.6) is 0 Å². The van der Waals surface area contributed by atoms with Gasteiger partial charge in [0, 0.05) is 24.8 Å². The van der Waals surface area contributed by atoms with Gasteiger partial charge in [-0.3, -0.25) is 0 Å². The second kappa shape index (κ2) is 5.14. The molecule has 0 saturated carbocycles. The molecule has 5 nitrogen and oxygen atoms in total. The maximum Gasteiger partial charge on any atom is 0.339 e. The van der Waals surface area contributed by atoms with Gasteiger partial charge in [0.2, 0.25) is 0 Å². The van der Waals surface area contributed by atoms with Crippen LogP contribution < -0.4 is 5.32 Å². The molecule has 0 fully saturated rings. The van der Waals surface area contributed by atoms with Gasteiger partial charge < -0.3 is 15.5 Å². The summed E-state index contributed by atoms with van der Waals surface area (Å²) in [5.74, 6) is -0.654. The number of hydrogen-bond donors (Lipinski definition) is 3. The largest absolute Gasteiger partial charge is 0.478 e. The van der Waals surface area contributed by atoms with Crippen LogP contribution in [0.15, 0.2) is 12.3 Å². The van der Waals surface area contributed by atoms with E-state index in [1.165, 1.54) is 0 Å². The molecule has 3 N–H and O–H groups in total. The number of rotatable bonds is 5. The van der Waals surface area contributed by atoms with Gasteiger partial charge in [-0.25, -0.2) is 9.78 Å². The summed E-state index contributed by atoms with van der Waals surface area (Å²) in [5.41, 5.74) is 0.527. The highest BCUT2D eigenvalue weighted by Crippen LogP contribution is 2.19. The number of aromatic nitrogens is 1. The molecular weight excluding hydrogens is 220 g/mol. The predicted octanol–water partition coefficient (Wildman–Crippen LogP) is 1.52. The first kappa shape index (κ1) is 13.4. The normalized spacial score (nSPS) is 11.3. The summed E-state index contributed by atoms with van der Waals surface area (Å²) in [4.78, 5) is 15.1. The van der Waals surface area contributed by atoms with Gasteiger partial charge in [0.1, 0.15) is 11.4 Å². The summed E-state index contributed by atoms with van der Waals surface area (Å²) in [7, 11) is 0. The summed E-state index contributed by atoms with van der Waals surface area (Å²) in [6, 6.07) is 1.66. The molecule has 1 aromatic heterocycles. The molecular formula is C12H18N2O3. The molecule has 0 bridgehead atoms. The van der Waals surface area contributed by atoms with Gasteiger partial charge in [0.25, 0.3) is 0 Å². The Morgan fingerprint density at radius 1 is 1.53 bits per heavy atom. The lowest BCUT2D eigenvalue weighted by Crippen LogP contribution is -2.27. The first-order valence-electron chi connectivity index (χ1n) is 5.41. The van der Waals surface area contributed by atoms with Crippen molar-refractivity contribution in [3.8, 4) is 0 Å². The van der Waals surface area contributed by atoms with Gasteiger partial charge in [0.05, 0.1) is 0 Å². The quantitative estimate of drug-likeness (QED) is 0.724. The fraction of sp³-hybridized carbons (Fsp3) is 0.500. The van der Waals surface area contributed by atoms with Crippen LogP contribution in [-0.2, 0) is 0 Å². The fourth-order valence-corrected chi connectivity index (χ4v) is 1.34. The van der Waals surface area contributed by atoms with E-state index in [4.69, 9.17) is 10.2 Å². The van der Waals surface area contributed by atoms with Crippen molar-refractivity contribution in [1.29, 1.82) is 0 Å². The van der Waals surface area contributed by atoms with Gasteiger partial charge in [-0.05, 0) is 18.6 Å². The van der Waals surface area contributed by atoms with Gasteiger partial charge in [-0.1, -0.05) is 13.8 Å². The van der Waals surface area contributed by atoms with E-state index in [1.54, 1.807) is 19.2 Å². The summed E-state index contributed by atoms with van der Waals surface area (Å²) in [5, 5.41) is 21.2. The van der Waals surface area contributed by atoms with Crippen LogP contribution in [0.3, 0.4) is 0 Å². The highest BCUT2D eigenvalue weighted by Gasteiger charge is 2.19. The van der Waals surface area contributed by atoms with Crippen LogP contribution in [0.1, 0.15) is 29.8 Å². The maximum atomic E-state index is 11.1. The standard InChI is InChI=1S/C12H18N2O3/c1-8-4-5-13-10(9(8)11(16)17)14-6-12(2,3)7-15/h4-5,15H,6-7H2,1-3H3,(H,13,14)(H,16,17). The highest BCUT2D eigenvalue weighted by atomic mass is 16.4. The molecule has 94 valence electrons. The van der Waals surface area contributed by atoms with E-state index < -0.39 is 5.97 Å². The molecule has 17 heavy (non-hydrogen) atoms. The SMILES string of the molecule is Cc1ccnc(NCC(C)(C)CO)c1C(=O)O. The van der Waals surface area contributed by atoms with Crippen molar-refractivity contribution in [2.75, 3.05) is 18.5 Å². The number of aliphatic hydroxyl groups excluding tert-OH is 1. The van der Waals surface area contributed by atoms with E-state index in [-0.39, 0.29) is 17.6 Å². The van der Waals surface area contributed by atoms with Crippen molar-refractivity contribution < 1.29 is 15.0 Å². The third kappa shape index (κ3) is 3.42. The van der Waals surface area contributed by atoms with Crippen LogP contribution in [0.2, 0.25) is 0 Å². The summed E-state index contributed by atoms with van der Waals surface area (Å²) in [6.45, 7) is 5.98. The third-order valence-corrected chi connectivity index (χ3v) is 2.54. The molecule has 0 aromatic carbocycles. The Labute approximate surface area is 101 Å². The van der Waals surface area contributed by atoms with Crippen molar-refractivity contribution in [3.05, 3.63) is 23.4 Å². The number of aliphatic hydroxyl groups is 1. The first-order chi connectivity index (χ1) is 7.87. The van der Waals surface area contributed by atoms with Crippen LogP contribution in [0, 0.1) is 12.3 Å². The lowest BCUT2D eigenvalue weighted by molar-refractivity contribution is 0.0696. The smallest absolute Gasteiger partial charge is 0.339 e. The lowest BCUT2D eigenvalue weighted by Gasteiger charge is -2.22. The number of nitrogens with one attached hydrogen (secondary N) is 1. The Morgan fingerprint density at radius 3 is 2.71 bits per heavy atom. The average molecular weight is 238 g/mol. The van der Waals surface area contributed by atoms with Crippen molar-refractivity contribution in [2.24, 2.45) is 5.41 Å². The molecule has 0 aliphatic rings. The minimum absolute atomic E-state index is 0.0220. The Hall–Kier alpha value is -1.62. The zero-order chi connectivity index (χ0) is 13.1. The third-order valence-electron chi connectivity index (χ3n) is 2.54. The van der Waals surface area contributed by atoms with E-state index in [9.17, 15) is 4.79 Å².